The maximum Gasteiger partial charge on any atom is 0.410 e. The van der Waals surface area contributed by atoms with Gasteiger partial charge in [0.25, 0.3) is 0 Å². The predicted octanol–water partition coefficient (Wildman–Crippen LogP) is 2.25. The fourth-order valence-corrected chi connectivity index (χ4v) is 2.12. The summed E-state index contributed by atoms with van der Waals surface area (Å²) in [6, 6.07) is 3.10. The van der Waals surface area contributed by atoms with E-state index in [1.165, 1.54) is 19.4 Å². The van der Waals surface area contributed by atoms with Crippen molar-refractivity contribution in [3.8, 4) is 5.75 Å². The van der Waals surface area contributed by atoms with E-state index >= 15 is 0 Å². The monoisotopic (exact) mass is 322 g/mol. The van der Waals surface area contributed by atoms with Gasteiger partial charge < -0.3 is 14.2 Å². The van der Waals surface area contributed by atoms with Crippen LogP contribution in [0.3, 0.4) is 0 Å². The van der Waals surface area contributed by atoms with Crippen molar-refractivity contribution < 1.29 is 23.8 Å². The zero-order chi connectivity index (χ0) is 17.2. The lowest BCUT2D eigenvalue weighted by atomic mass is 10.0. The minimum absolute atomic E-state index is 0.0925. The van der Waals surface area contributed by atoms with E-state index in [0.29, 0.717) is 12.3 Å². The second kappa shape index (κ2) is 6.44. The van der Waals surface area contributed by atoms with Crippen molar-refractivity contribution >= 4 is 12.1 Å². The molecule has 23 heavy (non-hydrogen) atoms. The summed E-state index contributed by atoms with van der Waals surface area (Å²) < 4.78 is 15.7. The van der Waals surface area contributed by atoms with Gasteiger partial charge in [-0.3, -0.25) is 4.90 Å². The number of nitrogens with zero attached hydrogens (tertiary/aromatic N) is 2. The van der Waals surface area contributed by atoms with Crippen molar-refractivity contribution in [2.75, 3.05) is 13.7 Å². The third-order valence-electron chi connectivity index (χ3n) is 3.45. The van der Waals surface area contributed by atoms with Gasteiger partial charge in [0, 0.05) is 0 Å². The summed E-state index contributed by atoms with van der Waals surface area (Å²) in [5.41, 5.74) is -0.298. The fourth-order valence-electron chi connectivity index (χ4n) is 2.12. The van der Waals surface area contributed by atoms with Crippen LogP contribution in [0.4, 0.5) is 4.79 Å². The number of rotatable bonds is 3. The third kappa shape index (κ3) is 4.12. The lowest BCUT2D eigenvalue weighted by Crippen LogP contribution is -2.63. The van der Waals surface area contributed by atoms with Crippen molar-refractivity contribution in [1.82, 2.24) is 9.88 Å². The fraction of sp³-hybridized carbons (Fsp3) is 0.562. The standard InChI is InChI=1S/C16H22N2O5/c1-10-13(9-18(10)15(20)23-16(2,3)4)22-11-6-7-12(17-8-11)14(19)21-5/h6-8,10,13H,9H2,1-5H3/t10-,13-/m0/s1. The van der Waals surface area contributed by atoms with Gasteiger partial charge in [-0.1, -0.05) is 0 Å². The van der Waals surface area contributed by atoms with Crippen molar-refractivity contribution in [2.24, 2.45) is 0 Å². The largest absolute Gasteiger partial charge is 0.485 e. The molecule has 0 N–H and O–H groups in total. The smallest absolute Gasteiger partial charge is 0.410 e. The van der Waals surface area contributed by atoms with E-state index in [2.05, 4.69) is 9.72 Å². The molecule has 0 saturated carbocycles. The summed E-state index contributed by atoms with van der Waals surface area (Å²) in [6.45, 7) is 7.84. The second-order valence-electron chi connectivity index (χ2n) is 6.40. The van der Waals surface area contributed by atoms with Gasteiger partial charge in [-0.25, -0.2) is 14.6 Å². The summed E-state index contributed by atoms with van der Waals surface area (Å²) in [5.74, 6) is 0.0444. The Kier molecular flexibility index (Phi) is 4.77. The first-order valence-corrected chi connectivity index (χ1v) is 7.42. The number of carbonyl (C=O) groups is 2. The molecule has 0 bridgehead atoms. The summed E-state index contributed by atoms with van der Waals surface area (Å²) in [6.07, 6.45) is 0.993. The Morgan fingerprint density at radius 2 is 2.00 bits per heavy atom. The Labute approximate surface area is 135 Å². The number of ether oxygens (including phenoxy) is 3. The van der Waals surface area contributed by atoms with Crippen LogP contribution in [0.15, 0.2) is 18.3 Å². The molecule has 0 radical (unpaired) electrons. The number of hydrogen-bond donors (Lipinski definition) is 0. The van der Waals surface area contributed by atoms with E-state index in [4.69, 9.17) is 9.47 Å². The van der Waals surface area contributed by atoms with Gasteiger partial charge in [0.2, 0.25) is 0 Å². The van der Waals surface area contributed by atoms with Crippen LogP contribution in [-0.2, 0) is 9.47 Å². The first-order chi connectivity index (χ1) is 10.7. The van der Waals surface area contributed by atoms with E-state index in [-0.39, 0.29) is 23.9 Å². The van der Waals surface area contributed by atoms with Crippen LogP contribution in [0.5, 0.6) is 5.75 Å². The SMILES string of the molecule is COC(=O)c1ccc(O[C@H]2CN(C(=O)OC(C)(C)C)[C@H]2C)cn1. The average molecular weight is 322 g/mol. The Morgan fingerprint density at radius 3 is 2.48 bits per heavy atom. The topological polar surface area (TPSA) is 78.0 Å². The molecular weight excluding hydrogens is 300 g/mol. The summed E-state index contributed by atoms with van der Waals surface area (Å²) in [7, 11) is 1.30. The van der Waals surface area contributed by atoms with E-state index in [1.54, 1.807) is 11.0 Å². The van der Waals surface area contributed by atoms with Crippen LogP contribution in [0, 0.1) is 0 Å². The van der Waals surface area contributed by atoms with E-state index in [9.17, 15) is 9.59 Å². The third-order valence-corrected chi connectivity index (χ3v) is 3.45. The van der Waals surface area contributed by atoms with Crippen LogP contribution in [0.1, 0.15) is 38.2 Å². The Hall–Kier alpha value is -2.31. The van der Waals surface area contributed by atoms with Gasteiger partial charge in [-0.15, -0.1) is 0 Å². The van der Waals surface area contributed by atoms with Crippen LogP contribution < -0.4 is 4.74 Å². The van der Waals surface area contributed by atoms with Crippen LogP contribution >= 0.6 is 0 Å². The number of hydrogen-bond acceptors (Lipinski definition) is 6. The number of amides is 1. The van der Waals surface area contributed by atoms with Crippen molar-refractivity contribution in [2.45, 2.75) is 45.4 Å². The molecule has 0 spiro atoms. The first kappa shape index (κ1) is 17.1. The molecule has 2 atom stereocenters. The Morgan fingerprint density at radius 1 is 1.30 bits per heavy atom. The molecule has 1 aromatic rings. The van der Waals surface area contributed by atoms with Crippen LogP contribution in [0.2, 0.25) is 0 Å². The minimum Gasteiger partial charge on any atom is -0.485 e. The van der Waals surface area contributed by atoms with Gasteiger partial charge in [-0.2, -0.15) is 0 Å². The first-order valence-electron chi connectivity index (χ1n) is 7.42. The molecule has 1 fully saturated rings. The lowest BCUT2D eigenvalue weighted by molar-refractivity contribution is -0.0537. The molecule has 0 aliphatic carbocycles. The highest BCUT2D eigenvalue weighted by atomic mass is 16.6. The van der Waals surface area contributed by atoms with Crippen molar-refractivity contribution in [3.63, 3.8) is 0 Å². The molecule has 0 unspecified atom stereocenters. The van der Waals surface area contributed by atoms with Gasteiger partial charge in [0.15, 0.2) is 0 Å². The summed E-state index contributed by atoms with van der Waals surface area (Å²) >= 11 is 0. The molecule has 7 heteroatoms. The molecular formula is C16H22N2O5. The molecule has 1 amide bonds. The van der Waals surface area contributed by atoms with E-state index < -0.39 is 11.6 Å². The van der Waals surface area contributed by atoms with Crippen LogP contribution in [-0.4, -0.2) is 53.3 Å². The maximum absolute atomic E-state index is 12.0. The maximum atomic E-state index is 12.0. The normalized spacial score (nSPS) is 20.5. The molecule has 2 heterocycles. The highest BCUT2D eigenvalue weighted by molar-refractivity contribution is 5.87. The van der Waals surface area contributed by atoms with Gasteiger partial charge in [0.05, 0.1) is 25.9 Å². The molecule has 7 nitrogen and oxygen atoms in total. The van der Waals surface area contributed by atoms with Crippen LogP contribution in [0.25, 0.3) is 0 Å². The van der Waals surface area contributed by atoms with Gasteiger partial charge >= 0.3 is 12.1 Å². The van der Waals surface area contributed by atoms with Gasteiger partial charge in [0.1, 0.15) is 23.1 Å². The van der Waals surface area contributed by atoms with E-state index in [0.717, 1.165) is 0 Å². The highest BCUT2D eigenvalue weighted by Crippen LogP contribution is 2.25. The number of methoxy groups -OCH3 is 1. The molecule has 1 aromatic heterocycles. The molecule has 126 valence electrons. The van der Waals surface area contributed by atoms with Crippen molar-refractivity contribution in [3.05, 3.63) is 24.0 Å². The predicted molar refractivity (Wildman–Crippen MR) is 82.4 cm³/mol. The number of esters is 1. The van der Waals surface area contributed by atoms with Gasteiger partial charge in [-0.05, 0) is 39.8 Å². The second-order valence-corrected chi connectivity index (χ2v) is 6.40. The molecule has 1 aliphatic rings. The summed E-state index contributed by atoms with van der Waals surface area (Å²) in [4.78, 5) is 28.9. The highest BCUT2D eigenvalue weighted by Gasteiger charge is 2.42. The van der Waals surface area contributed by atoms with E-state index in [1.807, 2.05) is 27.7 Å². The zero-order valence-corrected chi connectivity index (χ0v) is 14.0. The molecule has 0 aromatic carbocycles. The molecule has 1 aliphatic heterocycles. The Balaban J connectivity index is 1.89. The number of aromatic nitrogens is 1. The molecule has 2 rings (SSSR count). The number of pyridine rings is 1. The minimum atomic E-state index is -0.517. The average Bonchev–Trinajstić information content (AvgIpc) is 2.48. The number of carbonyl (C=O) groups excluding carboxylic acids is 2. The van der Waals surface area contributed by atoms with Crippen molar-refractivity contribution in [1.29, 1.82) is 0 Å². The zero-order valence-electron chi connectivity index (χ0n) is 14.0. The quantitative estimate of drug-likeness (QED) is 0.794. The Bertz CT molecular complexity index is 579. The number of likely N-dealkylation sites (tertiary alicyclic amines) is 1. The summed E-state index contributed by atoms with van der Waals surface area (Å²) in [5, 5.41) is 0. The molecule has 1 saturated heterocycles. The lowest BCUT2D eigenvalue weighted by Gasteiger charge is -2.45.